The molecule has 18 heavy (non-hydrogen) atoms. The fraction of sp³-hybridized carbons (Fsp3) is 0.333. The molecule has 1 aromatic carbocycles. The minimum absolute atomic E-state index is 0.150. The number of carbonyl (C=O) groups excluding carboxylic acids is 2. The molecule has 0 radical (unpaired) electrons. The molecule has 0 atom stereocenters. The van der Waals surface area contributed by atoms with Crippen molar-refractivity contribution in [3.63, 3.8) is 0 Å². The molecule has 0 heterocycles. The standard InChI is InChI=1S/C12H16N2O3S/c1-2-17-10-5-3-9(4-6-10)14-12(16)8-18-7-11(13)15/h3-6H,2,7-8H2,1H3,(H2,13,15)(H,14,16). The Balaban J connectivity index is 2.37. The first-order valence-electron chi connectivity index (χ1n) is 5.50. The molecule has 1 aromatic rings. The van der Waals surface area contributed by atoms with Crippen LogP contribution < -0.4 is 15.8 Å². The molecule has 0 saturated carbocycles. The third-order valence-electron chi connectivity index (χ3n) is 1.93. The summed E-state index contributed by atoms with van der Waals surface area (Å²) in [6.45, 7) is 2.51. The molecule has 0 saturated heterocycles. The van der Waals surface area contributed by atoms with Gasteiger partial charge in [0.1, 0.15) is 5.75 Å². The van der Waals surface area contributed by atoms with Gasteiger partial charge in [-0.05, 0) is 31.2 Å². The summed E-state index contributed by atoms with van der Waals surface area (Å²) in [5.41, 5.74) is 5.67. The molecule has 6 heteroatoms. The number of amides is 2. The zero-order valence-electron chi connectivity index (χ0n) is 10.1. The van der Waals surface area contributed by atoms with Crippen molar-refractivity contribution in [2.24, 2.45) is 5.73 Å². The lowest BCUT2D eigenvalue weighted by molar-refractivity contribution is -0.115. The second-order valence-corrected chi connectivity index (χ2v) is 4.45. The molecule has 2 amide bonds. The van der Waals surface area contributed by atoms with Crippen LogP contribution in [-0.2, 0) is 9.59 Å². The number of benzene rings is 1. The van der Waals surface area contributed by atoms with Crippen molar-refractivity contribution in [1.82, 2.24) is 0 Å². The van der Waals surface area contributed by atoms with Crippen LogP contribution in [0, 0.1) is 0 Å². The molecule has 1 rings (SSSR count). The highest BCUT2D eigenvalue weighted by molar-refractivity contribution is 8.00. The maximum Gasteiger partial charge on any atom is 0.234 e. The fourth-order valence-corrected chi connectivity index (χ4v) is 1.80. The summed E-state index contributed by atoms with van der Waals surface area (Å²) in [4.78, 5) is 22.0. The van der Waals surface area contributed by atoms with Crippen molar-refractivity contribution < 1.29 is 14.3 Å². The first kappa shape index (κ1) is 14.4. The first-order chi connectivity index (χ1) is 8.61. The zero-order chi connectivity index (χ0) is 13.4. The molecule has 0 aliphatic rings. The van der Waals surface area contributed by atoms with Gasteiger partial charge in [0, 0.05) is 5.69 Å². The molecule has 0 unspecified atom stereocenters. The molecule has 0 fully saturated rings. The second kappa shape index (κ2) is 7.60. The van der Waals surface area contributed by atoms with Gasteiger partial charge in [-0.1, -0.05) is 0 Å². The van der Waals surface area contributed by atoms with Gasteiger partial charge in [0.2, 0.25) is 11.8 Å². The Labute approximate surface area is 110 Å². The summed E-state index contributed by atoms with van der Waals surface area (Å²) in [7, 11) is 0. The van der Waals surface area contributed by atoms with Crippen molar-refractivity contribution in [3.8, 4) is 5.75 Å². The van der Waals surface area contributed by atoms with Crippen LogP contribution in [0.4, 0.5) is 5.69 Å². The van der Waals surface area contributed by atoms with Gasteiger partial charge in [0.05, 0.1) is 18.1 Å². The summed E-state index contributed by atoms with van der Waals surface area (Å²) in [5.74, 6) is 0.533. The van der Waals surface area contributed by atoms with Crippen LogP contribution in [-0.4, -0.2) is 29.9 Å². The third-order valence-corrected chi connectivity index (χ3v) is 2.88. The number of carbonyl (C=O) groups is 2. The number of rotatable bonds is 7. The van der Waals surface area contributed by atoms with E-state index in [1.54, 1.807) is 24.3 Å². The average molecular weight is 268 g/mol. The van der Waals surface area contributed by atoms with E-state index in [9.17, 15) is 9.59 Å². The maximum atomic E-state index is 11.5. The highest BCUT2D eigenvalue weighted by Crippen LogP contribution is 2.15. The van der Waals surface area contributed by atoms with Gasteiger partial charge in [-0.3, -0.25) is 9.59 Å². The fourth-order valence-electron chi connectivity index (χ4n) is 1.24. The van der Waals surface area contributed by atoms with E-state index in [0.29, 0.717) is 12.3 Å². The lowest BCUT2D eigenvalue weighted by Crippen LogP contribution is -2.18. The van der Waals surface area contributed by atoms with Gasteiger partial charge in [0.15, 0.2) is 0 Å². The minimum Gasteiger partial charge on any atom is -0.494 e. The number of primary amides is 1. The number of hydrogen-bond donors (Lipinski definition) is 2. The number of anilines is 1. The SMILES string of the molecule is CCOc1ccc(NC(=O)CSCC(N)=O)cc1. The van der Waals surface area contributed by atoms with Crippen molar-refractivity contribution in [2.45, 2.75) is 6.92 Å². The molecule has 5 nitrogen and oxygen atoms in total. The molecule has 0 aromatic heterocycles. The molecular formula is C12H16N2O3S. The van der Waals surface area contributed by atoms with E-state index in [0.717, 1.165) is 5.75 Å². The molecule has 0 aliphatic carbocycles. The van der Waals surface area contributed by atoms with E-state index in [2.05, 4.69) is 5.32 Å². The Morgan fingerprint density at radius 3 is 2.50 bits per heavy atom. The zero-order valence-corrected chi connectivity index (χ0v) is 11.0. The lowest BCUT2D eigenvalue weighted by Gasteiger charge is -2.06. The Morgan fingerprint density at radius 1 is 1.28 bits per heavy atom. The number of ether oxygens (including phenoxy) is 1. The summed E-state index contributed by atoms with van der Waals surface area (Å²) in [6, 6.07) is 7.11. The van der Waals surface area contributed by atoms with Crippen LogP contribution in [0.3, 0.4) is 0 Å². The molecule has 0 bridgehead atoms. The van der Waals surface area contributed by atoms with E-state index in [-0.39, 0.29) is 17.4 Å². The van der Waals surface area contributed by atoms with E-state index < -0.39 is 5.91 Å². The van der Waals surface area contributed by atoms with Crippen LogP contribution in [0.1, 0.15) is 6.92 Å². The van der Waals surface area contributed by atoms with Crippen molar-refractivity contribution in [2.75, 3.05) is 23.4 Å². The Kier molecular flexibility index (Phi) is 6.07. The Bertz CT molecular complexity index is 406. The number of hydrogen-bond acceptors (Lipinski definition) is 4. The van der Waals surface area contributed by atoms with E-state index >= 15 is 0 Å². The minimum atomic E-state index is -0.422. The van der Waals surface area contributed by atoms with Gasteiger partial charge in [-0.25, -0.2) is 0 Å². The largest absolute Gasteiger partial charge is 0.494 e. The normalized spacial score (nSPS) is 9.83. The molecule has 98 valence electrons. The Hall–Kier alpha value is -1.69. The number of nitrogens with one attached hydrogen (secondary N) is 1. The highest BCUT2D eigenvalue weighted by atomic mass is 32.2. The summed E-state index contributed by atoms with van der Waals surface area (Å²) in [6.07, 6.45) is 0. The smallest absolute Gasteiger partial charge is 0.234 e. The molecule has 0 spiro atoms. The van der Waals surface area contributed by atoms with Crippen molar-refractivity contribution >= 4 is 29.3 Å². The quantitative estimate of drug-likeness (QED) is 0.779. The van der Waals surface area contributed by atoms with Gasteiger partial charge in [-0.2, -0.15) is 0 Å². The van der Waals surface area contributed by atoms with Crippen LogP contribution in [0.5, 0.6) is 5.75 Å². The monoisotopic (exact) mass is 268 g/mol. The van der Waals surface area contributed by atoms with Gasteiger partial charge < -0.3 is 15.8 Å². The third kappa shape index (κ3) is 5.58. The number of thioether (sulfide) groups is 1. The van der Waals surface area contributed by atoms with Gasteiger partial charge in [0.25, 0.3) is 0 Å². The molecule has 3 N–H and O–H groups in total. The van der Waals surface area contributed by atoms with Crippen molar-refractivity contribution in [1.29, 1.82) is 0 Å². The Morgan fingerprint density at radius 2 is 1.94 bits per heavy atom. The van der Waals surface area contributed by atoms with E-state index in [1.807, 2.05) is 6.92 Å². The van der Waals surface area contributed by atoms with Gasteiger partial charge >= 0.3 is 0 Å². The second-order valence-electron chi connectivity index (χ2n) is 3.46. The average Bonchev–Trinajstić information content (AvgIpc) is 2.31. The van der Waals surface area contributed by atoms with Crippen LogP contribution in [0.2, 0.25) is 0 Å². The molecular weight excluding hydrogens is 252 g/mol. The predicted octanol–water partition coefficient (Wildman–Crippen LogP) is 1.24. The summed E-state index contributed by atoms with van der Waals surface area (Å²) < 4.78 is 5.29. The van der Waals surface area contributed by atoms with E-state index in [4.69, 9.17) is 10.5 Å². The van der Waals surface area contributed by atoms with Crippen LogP contribution >= 0.6 is 11.8 Å². The number of nitrogens with two attached hydrogens (primary N) is 1. The van der Waals surface area contributed by atoms with Crippen molar-refractivity contribution in [3.05, 3.63) is 24.3 Å². The maximum absolute atomic E-state index is 11.5. The highest BCUT2D eigenvalue weighted by Gasteiger charge is 2.04. The summed E-state index contributed by atoms with van der Waals surface area (Å²) >= 11 is 1.19. The van der Waals surface area contributed by atoms with E-state index in [1.165, 1.54) is 11.8 Å². The lowest BCUT2D eigenvalue weighted by atomic mass is 10.3. The van der Waals surface area contributed by atoms with Crippen LogP contribution in [0.15, 0.2) is 24.3 Å². The topological polar surface area (TPSA) is 81.4 Å². The van der Waals surface area contributed by atoms with Crippen LogP contribution in [0.25, 0.3) is 0 Å². The molecule has 0 aliphatic heterocycles. The first-order valence-corrected chi connectivity index (χ1v) is 6.66. The predicted molar refractivity (Wildman–Crippen MR) is 72.8 cm³/mol. The summed E-state index contributed by atoms with van der Waals surface area (Å²) in [5, 5.41) is 2.72. The van der Waals surface area contributed by atoms with Gasteiger partial charge in [-0.15, -0.1) is 11.8 Å².